The Labute approximate surface area is 137 Å². The number of nitrogens with one attached hydrogen (secondary N) is 1. The summed E-state index contributed by atoms with van der Waals surface area (Å²) in [4.78, 5) is 0. The number of para-hydroxylation sites is 1. The second kappa shape index (κ2) is 5.89. The number of methoxy groups -OCH3 is 1. The van der Waals surface area contributed by atoms with Crippen LogP contribution in [0.15, 0.2) is 42.5 Å². The average molecular weight is 308 g/mol. The number of piperidine rings is 1. The summed E-state index contributed by atoms with van der Waals surface area (Å²) in [5, 5.41) is 6.21. The summed E-state index contributed by atoms with van der Waals surface area (Å²) in [5.41, 5.74) is 2.61. The molecule has 2 aromatic carbocycles. The molecule has 120 valence electrons. The minimum Gasteiger partial charge on any atom is -0.497 e. The summed E-state index contributed by atoms with van der Waals surface area (Å²) in [6.07, 6.45) is 2.57. The normalized spacial score (nSPS) is 20.0. The Kier molecular flexibility index (Phi) is 3.74. The number of hydrogen-bond donors (Lipinski definition) is 1. The van der Waals surface area contributed by atoms with Crippen LogP contribution in [-0.2, 0) is 0 Å². The van der Waals surface area contributed by atoms with Gasteiger partial charge in [0.1, 0.15) is 5.75 Å². The van der Waals surface area contributed by atoms with Crippen LogP contribution in [0.3, 0.4) is 0 Å². The fourth-order valence-corrected chi connectivity index (χ4v) is 4.05. The molecule has 3 heteroatoms. The second-order valence-electron chi connectivity index (χ2n) is 6.62. The molecule has 3 aromatic rings. The first kappa shape index (κ1) is 14.6. The Bertz CT molecular complexity index is 830. The highest BCUT2D eigenvalue weighted by Gasteiger charge is 2.24. The van der Waals surface area contributed by atoms with Crippen molar-refractivity contribution in [3.63, 3.8) is 0 Å². The quantitative estimate of drug-likeness (QED) is 0.778. The molecule has 1 saturated heterocycles. The summed E-state index contributed by atoms with van der Waals surface area (Å²) in [6.45, 7) is 4.63. The third-order valence-corrected chi connectivity index (χ3v) is 5.34. The monoisotopic (exact) mass is 308 g/mol. The van der Waals surface area contributed by atoms with E-state index >= 15 is 0 Å². The number of rotatable bonds is 3. The molecule has 1 fully saturated rings. The van der Waals surface area contributed by atoms with Crippen molar-refractivity contribution >= 4 is 21.8 Å². The highest BCUT2D eigenvalue weighted by Crippen LogP contribution is 2.37. The molecule has 1 aliphatic heterocycles. The van der Waals surface area contributed by atoms with Gasteiger partial charge >= 0.3 is 0 Å². The molecule has 0 saturated carbocycles. The molecule has 2 unspecified atom stereocenters. The van der Waals surface area contributed by atoms with Crippen molar-refractivity contribution in [3.8, 4) is 5.75 Å². The molecule has 0 spiro atoms. The highest BCUT2D eigenvalue weighted by molar-refractivity contribution is 6.08. The zero-order chi connectivity index (χ0) is 15.8. The van der Waals surface area contributed by atoms with E-state index in [1.807, 2.05) is 0 Å². The maximum atomic E-state index is 5.47. The average Bonchev–Trinajstić information content (AvgIpc) is 2.95. The van der Waals surface area contributed by atoms with Gasteiger partial charge in [-0.15, -0.1) is 0 Å². The van der Waals surface area contributed by atoms with E-state index in [0.29, 0.717) is 12.0 Å². The largest absolute Gasteiger partial charge is 0.497 e. The standard InChI is InChI=1S/C20H24N2O/c1-14(15-6-5-11-21-13-15)22-19-8-4-3-7-17(19)18-10-9-16(23-2)12-20(18)22/h3-4,7-10,12,14-15,21H,5-6,11,13H2,1-2H3. The maximum Gasteiger partial charge on any atom is 0.120 e. The van der Waals surface area contributed by atoms with Crippen LogP contribution < -0.4 is 10.1 Å². The van der Waals surface area contributed by atoms with E-state index in [2.05, 4.69) is 59.3 Å². The van der Waals surface area contributed by atoms with Crippen LogP contribution in [0.5, 0.6) is 5.75 Å². The van der Waals surface area contributed by atoms with E-state index in [1.165, 1.54) is 34.6 Å². The minimum absolute atomic E-state index is 0.470. The van der Waals surface area contributed by atoms with Gasteiger partial charge in [0.2, 0.25) is 0 Å². The van der Waals surface area contributed by atoms with Crippen LogP contribution >= 0.6 is 0 Å². The molecule has 2 atom stereocenters. The lowest BCUT2D eigenvalue weighted by molar-refractivity contribution is 0.288. The molecular formula is C20H24N2O. The van der Waals surface area contributed by atoms with Crippen molar-refractivity contribution in [1.82, 2.24) is 9.88 Å². The molecule has 0 radical (unpaired) electrons. The fourth-order valence-electron chi connectivity index (χ4n) is 4.05. The molecule has 2 heterocycles. The van der Waals surface area contributed by atoms with Gasteiger partial charge in [-0.3, -0.25) is 0 Å². The lowest BCUT2D eigenvalue weighted by Crippen LogP contribution is -2.34. The van der Waals surface area contributed by atoms with E-state index in [4.69, 9.17) is 4.74 Å². The van der Waals surface area contributed by atoms with Crippen LogP contribution in [0.25, 0.3) is 21.8 Å². The van der Waals surface area contributed by atoms with Gasteiger partial charge in [0, 0.05) is 28.4 Å². The number of benzene rings is 2. The zero-order valence-corrected chi connectivity index (χ0v) is 13.9. The van der Waals surface area contributed by atoms with Crippen LogP contribution in [0.2, 0.25) is 0 Å². The maximum absolute atomic E-state index is 5.47. The van der Waals surface area contributed by atoms with E-state index in [9.17, 15) is 0 Å². The first-order chi connectivity index (χ1) is 11.3. The second-order valence-corrected chi connectivity index (χ2v) is 6.62. The number of nitrogens with zero attached hydrogens (tertiary/aromatic N) is 1. The first-order valence-electron chi connectivity index (χ1n) is 8.57. The Balaban J connectivity index is 1.94. The number of hydrogen-bond acceptors (Lipinski definition) is 2. The van der Waals surface area contributed by atoms with Crippen LogP contribution in [0, 0.1) is 5.92 Å². The van der Waals surface area contributed by atoms with Gasteiger partial charge < -0.3 is 14.6 Å². The van der Waals surface area contributed by atoms with Gasteiger partial charge in [-0.2, -0.15) is 0 Å². The van der Waals surface area contributed by atoms with Gasteiger partial charge in [-0.05, 0) is 57.0 Å². The van der Waals surface area contributed by atoms with E-state index in [1.54, 1.807) is 7.11 Å². The predicted octanol–water partition coefficient (Wildman–Crippen LogP) is 4.36. The Morgan fingerprint density at radius 1 is 1.13 bits per heavy atom. The Morgan fingerprint density at radius 2 is 1.96 bits per heavy atom. The van der Waals surface area contributed by atoms with Crippen LogP contribution in [0.4, 0.5) is 0 Å². The smallest absolute Gasteiger partial charge is 0.120 e. The summed E-state index contributed by atoms with van der Waals surface area (Å²) < 4.78 is 7.99. The molecule has 0 aliphatic carbocycles. The minimum atomic E-state index is 0.470. The van der Waals surface area contributed by atoms with Crippen molar-refractivity contribution in [3.05, 3.63) is 42.5 Å². The molecule has 1 N–H and O–H groups in total. The lowest BCUT2D eigenvalue weighted by atomic mass is 9.92. The molecule has 3 nitrogen and oxygen atoms in total. The first-order valence-corrected chi connectivity index (χ1v) is 8.57. The third kappa shape index (κ3) is 2.40. The summed E-state index contributed by atoms with van der Waals surface area (Å²) in [6, 6.07) is 15.6. The number of ether oxygens (including phenoxy) is 1. The van der Waals surface area contributed by atoms with E-state index in [0.717, 1.165) is 18.8 Å². The summed E-state index contributed by atoms with van der Waals surface area (Å²) in [5.74, 6) is 1.60. The molecule has 1 aromatic heterocycles. The van der Waals surface area contributed by atoms with Crippen molar-refractivity contribution in [2.75, 3.05) is 20.2 Å². The van der Waals surface area contributed by atoms with Gasteiger partial charge in [0.15, 0.2) is 0 Å². The molecule has 1 aliphatic rings. The Hall–Kier alpha value is -2.00. The molecule has 0 bridgehead atoms. The van der Waals surface area contributed by atoms with Crippen LogP contribution in [0.1, 0.15) is 25.8 Å². The number of fused-ring (bicyclic) bond motifs is 3. The van der Waals surface area contributed by atoms with Crippen molar-refractivity contribution in [1.29, 1.82) is 0 Å². The molecule has 23 heavy (non-hydrogen) atoms. The van der Waals surface area contributed by atoms with Crippen molar-refractivity contribution < 1.29 is 4.74 Å². The number of aromatic nitrogens is 1. The Morgan fingerprint density at radius 3 is 2.74 bits per heavy atom. The fraction of sp³-hybridized carbons (Fsp3) is 0.400. The predicted molar refractivity (Wildman–Crippen MR) is 96.3 cm³/mol. The summed E-state index contributed by atoms with van der Waals surface area (Å²) in [7, 11) is 1.74. The molecular weight excluding hydrogens is 284 g/mol. The van der Waals surface area contributed by atoms with Gasteiger partial charge in [-0.25, -0.2) is 0 Å². The molecule has 4 rings (SSSR count). The van der Waals surface area contributed by atoms with E-state index in [-0.39, 0.29) is 0 Å². The van der Waals surface area contributed by atoms with Crippen molar-refractivity contribution in [2.45, 2.75) is 25.8 Å². The topological polar surface area (TPSA) is 26.2 Å². The van der Waals surface area contributed by atoms with E-state index < -0.39 is 0 Å². The molecule has 0 amide bonds. The van der Waals surface area contributed by atoms with Crippen molar-refractivity contribution in [2.24, 2.45) is 5.92 Å². The highest BCUT2D eigenvalue weighted by atomic mass is 16.5. The lowest BCUT2D eigenvalue weighted by Gasteiger charge is -2.30. The third-order valence-electron chi connectivity index (χ3n) is 5.34. The SMILES string of the molecule is COc1ccc2c3ccccc3n(C(C)C3CCCNC3)c2c1. The summed E-state index contributed by atoms with van der Waals surface area (Å²) >= 11 is 0. The zero-order valence-electron chi connectivity index (χ0n) is 13.9. The van der Waals surface area contributed by atoms with Gasteiger partial charge in [0.25, 0.3) is 0 Å². The van der Waals surface area contributed by atoms with Gasteiger partial charge in [-0.1, -0.05) is 18.2 Å². The van der Waals surface area contributed by atoms with Gasteiger partial charge in [0.05, 0.1) is 12.6 Å². The van der Waals surface area contributed by atoms with Crippen LogP contribution in [-0.4, -0.2) is 24.8 Å².